The molecule has 1 saturated heterocycles. The van der Waals surface area contributed by atoms with E-state index in [1.807, 2.05) is 37.2 Å². The summed E-state index contributed by atoms with van der Waals surface area (Å²) in [4.78, 5) is 29.9. The Kier molecular flexibility index (Phi) is 9.56. The zero-order chi connectivity index (χ0) is 23.9. The highest BCUT2D eigenvalue weighted by Gasteiger charge is 2.27. The lowest BCUT2D eigenvalue weighted by molar-refractivity contribution is -0.138. The van der Waals surface area contributed by atoms with E-state index in [2.05, 4.69) is 44.8 Å². The van der Waals surface area contributed by atoms with Crippen molar-refractivity contribution in [3.05, 3.63) is 23.8 Å². The quantitative estimate of drug-likeness (QED) is 0.546. The summed E-state index contributed by atoms with van der Waals surface area (Å²) in [7, 11) is 4.01. The molecule has 0 aromatic heterocycles. The molecule has 180 valence electrons. The lowest BCUT2D eigenvalue weighted by Gasteiger charge is -2.30. The van der Waals surface area contributed by atoms with Gasteiger partial charge in [0, 0.05) is 57.5 Å². The van der Waals surface area contributed by atoms with E-state index in [0.717, 1.165) is 49.2 Å². The fraction of sp³-hybridized carbons (Fsp3) is 0.692. The molecule has 0 radical (unpaired) electrons. The third-order valence-electron chi connectivity index (χ3n) is 5.99. The summed E-state index contributed by atoms with van der Waals surface area (Å²) in [6.07, 6.45) is 4.27. The predicted molar refractivity (Wildman–Crippen MR) is 132 cm³/mol. The van der Waals surface area contributed by atoms with E-state index in [1.54, 1.807) is 0 Å². The van der Waals surface area contributed by atoms with Crippen LogP contribution < -0.4 is 10.2 Å². The third kappa shape index (κ3) is 7.80. The van der Waals surface area contributed by atoms with Gasteiger partial charge in [-0.2, -0.15) is 0 Å². The molecule has 1 aromatic carbocycles. The SMILES string of the molecule is CCC(CC)C(=O)N(Cc1cc(NC(=O)CC(C)(C)C)ccc1N(C)C)C[C@H]1CCCO1. The minimum atomic E-state index is -0.0731. The van der Waals surface area contributed by atoms with Gasteiger partial charge in [-0.1, -0.05) is 34.6 Å². The maximum Gasteiger partial charge on any atom is 0.226 e. The Bertz CT molecular complexity index is 760. The normalized spacial score (nSPS) is 16.3. The molecule has 2 rings (SSSR count). The van der Waals surface area contributed by atoms with Crippen LogP contribution in [0.2, 0.25) is 0 Å². The van der Waals surface area contributed by atoms with Crippen LogP contribution >= 0.6 is 0 Å². The van der Waals surface area contributed by atoms with Gasteiger partial charge in [-0.15, -0.1) is 0 Å². The lowest BCUT2D eigenvalue weighted by atomic mass is 9.92. The zero-order valence-electron chi connectivity index (χ0n) is 21.2. The molecular weight excluding hydrogens is 402 g/mol. The van der Waals surface area contributed by atoms with Gasteiger partial charge in [0.25, 0.3) is 0 Å². The molecule has 2 amide bonds. The van der Waals surface area contributed by atoms with E-state index < -0.39 is 0 Å². The first-order valence-electron chi connectivity index (χ1n) is 12.0. The fourth-order valence-electron chi connectivity index (χ4n) is 4.28. The number of benzene rings is 1. The van der Waals surface area contributed by atoms with E-state index in [1.165, 1.54) is 0 Å². The van der Waals surface area contributed by atoms with Crippen LogP contribution in [-0.4, -0.2) is 50.1 Å². The average Bonchev–Trinajstić information content (AvgIpc) is 3.20. The number of carbonyl (C=O) groups is 2. The standard InChI is InChI=1S/C26H43N3O3/c1-8-19(9-2)25(31)29(18-22-11-10-14-32-22)17-20-15-21(12-13-23(20)28(6)7)27-24(30)16-26(3,4)5/h12-13,15,19,22H,8-11,14,16-18H2,1-7H3,(H,27,30)/t22-/m1/s1. The van der Waals surface area contributed by atoms with Crippen molar-refractivity contribution in [3.63, 3.8) is 0 Å². The van der Waals surface area contributed by atoms with Crippen LogP contribution in [0.15, 0.2) is 18.2 Å². The van der Waals surface area contributed by atoms with E-state index in [-0.39, 0.29) is 29.3 Å². The molecule has 0 aliphatic carbocycles. The number of rotatable bonds is 10. The Labute approximate surface area is 194 Å². The van der Waals surface area contributed by atoms with Gasteiger partial charge in [0.15, 0.2) is 0 Å². The Morgan fingerprint density at radius 2 is 1.88 bits per heavy atom. The molecule has 0 unspecified atom stereocenters. The molecule has 6 heteroatoms. The Morgan fingerprint density at radius 1 is 1.19 bits per heavy atom. The largest absolute Gasteiger partial charge is 0.377 e. The van der Waals surface area contributed by atoms with Crippen LogP contribution in [0.25, 0.3) is 0 Å². The highest BCUT2D eigenvalue weighted by Crippen LogP contribution is 2.28. The second-order valence-electron chi connectivity index (χ2n) is 10.4. The molecule has 1 N–H and O–H groups in total. The Hall–Kier alpha value is -2.08. The molecule has 1 atom stereocenters. The second-order valence-corrected chi connectivity index (χ2v) is 10.4. The van der Waals surface area contributed by atoms with Crippen molar-refractivity contribution in [2.24, 2.45) is 11.3 Å². The van der Waals surface area contributed by atoms with E-state index in [9.17, 15) is 9.59 Å². The van der Waals surface area contributed by atoms with Crippen LogP contribution in [0.3, 0.4) is 0 Å². The van der Waals surface area contributed by atoms with E-state index >= 15 is 0 Å². The van der Waals surface area contributed by atoms with Crippen molar-refractivity contribution in [1.29, 1.82) is 0 Å². The van der Waals surface area contributed by atoms with Gasteiger partial charge in [0.2, 0.25) is 11.8 Å². The number of hydrogen-bond acceptors (Lipinski definition) is 4. The van der Waals surface area contributed by atoms with Crippen molar-refractivity contribution < 1.29 is 14.3 Å². The van der Waals surface area contributed by atoms with Crippen molar-refractivity contribution >= 4 is 23.2 Å². The minimum Gasteiger partial charge on any atom is -0.377 e. The number of ether oxygens (including phenoxy) is 1. The van der Waals surface area contributed by atoms with Crippen molar-refractivity contribution in [1.82, 2.24) is 4.90 Å². The zero-order valence-corrected chi connectivity index (χ0v) is 21.2. The maximum atomic E-state index is 13.4. The van der Waals surface area contributed by atoms with Gasteiger partial charge in [-0.25, -0.2) is 0 Å². The summed E-state index contributed by atoms with van der Waals surface area (Å²) < 4.78 is 5.86. The van der Waals surface area contributed by atoms with Crippen LogP contribution in [0, 0.1) is 11.3 Å². The maximum absolute atomic E-state index is 13.4. The summed E-state index contributed by atoms with van der Waals surface area (Å²) in [5.41, 5.74) is 2.78. The molecule has 1 aliphatic rings. The summed E-state index contributed by atoms with van der Waals surface area (Å²) in [5.74, 6) is 0.219. The monoisotopic (exact) mass is 445 g/mol. The third-order valence-corrected chi connectivity index (χ3v) is 5.99. The molecular formula is C26H43N3O3. The smallest absolute Gasteiger partial charge is 0.226 e. The number of amides is 2. The predicted octanol–water partition coefficient (Wildman–Crippen LogP) is 5.07. The summed E-state index contributed by atoms with van der Waals surface area (Å²) in [6, 6.07) is 5.97. The van der Waals surface area contributed by atoms with Gasteiger partial charge < -0.3 is 19.9 Å². The Balaban J connectivity index is 2.30. The topological polar surface area (TPSA) is 61.9 Å². The number of anilines is 2. The van der Waals surface area contributed by atoms with E-state index in [0.29, 0.717) is 19.5 Å². The first-order chi connectivity index (χ1) is 15.0. The molecule has 0 saturated carbocycles. The van der Waals surface area contributed by atoms with E-state index in [4.69, 9.17) is 4.74 Å². The molecule has 1 heterocycles. The molecule has 1 aliphatic heterocycles. The van der Waals surface area contributed by atoms with Crippen LogP contribution in [0.5, 0.6) is 0 Å². The van der Waals surface area contributed by atoms with Crippen LogP contribution in [0.4, 0.5) is 11.4 Å². The summed E-state index contributed by atoms with van der Waals surface area (Å²) in [6.45, 7) is 12.2. The molecule has 1 fully saturated rings. The van der Waals surface area contributed by atoms with Gasteiger partial charge in [0.05, 0.1) is 6.10 Å². The summed E-state index contributed by atoms with van der Waals surface area (Å²) >= 11 is 0. The molecule has 6 nitrogen and oxygen atoms in total. The van der Waals surface area contributed by atoms with Crippen molar-refractivity contribution in [2.45, 2.75) is 79.4 Å². The number of nitrogens with one attached hydrogen (secondary N) is 1. The van der Waals surface area contributed by atoms with Crippen LogP contribution in [0.1, 0.15) is 72.3 Å². The molecule has 32 heavy (non-hydrogen) atoms. The van der Waals surface area contributed by atoms with Gasteiger partial charge in [-0.05, 0) is 54.9 Å². The van der Waals surface area contributed by atoms with Crippen LogP contribution in [-0.2, 0) is 20.9 Å². The molecule has 0 bridgehead atoms. The average molecular weight is 446 g/mol. The van der Waals surface area contributed by atoms with Crippen molar-refractivity contribution in [3.8, 4) is 0 Å². The lowest BCUT2D eigenvalue weighted by Crippen LogP contribution is -2.40. The highest BCUT2D eigenvalue weighted by molar-refractivity contribution is 5.91. The highest BCUT2D eigenvalue weighted by atomic mass is 16.5. The number of carbonyl (C=O) groups excluding carboxylic acids is 2. The number of hydrogen-bond donors (Lipinski definition) is 1. The van der Waals surface area contributed by atoms with Gasteiger partial charge in [-0.3, -0.25) is 9.59 Å². The minimum absolute atomic E-state index is 0.00497. The van der Waals surface area contributed by atoms with Gasteiger partial charge in [0.1, 0.15) is 0 Å². The fourth-order valence-corrected chi connectivity index (χ4v) is 4.28. The first kappa shape index (κ1) is 26.2. The Morgan fingerprint density at radius 3 is 2.41 bits per heavy atom. The summed E-state index contributed by atoms with van der Waals surface area (Å²) in [5, 5.41) is 3.04. The first-order valence-corrected chi connectivity index (χ1v) is 12.0. The molecule has 0 spiro atoms. The van der Waals surface area contributed by atoms with Crippen molar-refractivity contribution in [2.75, 3.05) is 37.5 Å². The molecule has 1 aromatic rings. The number of nitrogens with zero attached hydrogens (tertiary/aromatic N) is 2. The second kappa shape index (κ2) is 11.7. The van der Waals surface area contributed by atoms with Gasteiger partial charge >= 0.3 is 0 Å².